The first kappa shape index (κ1) is 17.9. The van der Waals surface area contributed by atoms with Crippen molar-refractivity contribution in [2.75, 3.05) is 5.32 Å². The summed E-state index contributed by atoms with van der Waals surface area (Å²) >= 11 is 0. The summed E-state index contributed by atoms with van der Waals surface area (Å²) in [5, 5.41) is 2.96. The van der Waals surface area contributed by atoms with E-state index in [1.165, 1.54) is 12.1 Å². The van der Waals surface area contributed by atoms with Gasteiger partial charge in [-0.1, -0.05) is 24.3 Å². The van der Waals surface area contributed by atoms with Crippen molar-refractivity contribution in [1.29, 1.82) is 0 Å². The van der Waals surface area contributed by atoms with E-state index in [1.54, 1.807) is 12.1 Å². The molecule has 28 heavy (non-hydrogen) atoms. The van der Waals surface area contributed by atoms with Crippen molar-refractivity contribution < 1.29 is 9.18 Å². The van der Waals surface area contributed by atoms with Crippen molar-refractivity contribution in [2.24, 2.45) is 0 Å². The molecular formula is C23H20FN3O. The highest BCUT2D eigenvalue weighted by Crippen LogP contribution is 2.25. The molecule has 5 heteroatoms. The number of carbonyl (C=O) groups excluding carboxylic acids is 1. The van der Waals surface area contributed by atoms with Gasteiger partial charge in [-0.05, 0) is 60.9 Å². The van der Waals surface area contributed by atoms with Crippen molar-refractivity contribution >= 4 is 17.2 Å². The maximum absolute atomic E-state index is 13.0. The maximum atomic E-state index is 13.0. The van der Waals surface area contributed by atoms with Crippen LogP contribution in [0, 0.1) is 19.7 Å². The van der Waals surface area contributed by atoms with Crippen LogP contribution >= 0.6 is 0 Å². The summed E-state index contributed by atoms with van der Waals surface area (Å²) in [4.78, 5) is 17.1. The van der Waals surface area contributed by atoms with Crippen molar-refractivity contribution in [1.82, 2.24) is 9.38 Å². The minimum atomic E-state index is -0.310. The van der Waals surface area contributed by atoms with Crippen LogP contribution in [0.1, 0.15) is 16.7 Å². The second-order valence-corrected chi connectivity index (χ2v) is 6.98. The Bertz CT molecular complexity index is 1160. The molecule has 0 radical (unpaired) electrons. The third kappa shape index (κ3) is 3.78. The summed E-state index contributed by atoms with van der Waals surface area (Å²) in [5.41, 5.74) is 6.31. The van der Waals surface area contributed by atoms with E-state index >= 15 is 0 Å². The van der Waals surface area contributed by atoms with E-state index < -0.39 is 0 Å². The standard InChI is InChI=1S/C23H20FN3O/c1-15-9-10-27-14-21(25-22(27)11-15)18-6-3-16(2)20(13-18)26-23(28)12-17-4-7-19(24)8-5-17/h3-11,13-14H,12H2,1-2H3,(H,26,28). The number of nitrogens with zero attached hydrogens (tertiary/aromatic N) is 2. The Hall–Kier alpha value is -3.47. The van der Waals surface area contributed by atoms with Crippen LogP contribution in [-0.4, -0.2) is 15.3 Å². The highest BCUT2D eigenvalue weighted by molar-refractivity contribution is 5.93. The Morgan fingerprint density at radius 1 is 1.07 bits per heavy atom. The number of pyridine rings is 1. The summed E-state index contributed by atoms with van der Waals surface area (Å²) in [5.74, 6) is -0.451. The number of rotatable bonds is 4. The smallest absolute Gasteiger partial charge is 0.228 e. The number of amides is 1. The average molecular weight is 373 g/mol. The fourth-order valence-corrected chi connectivity index (χ4v) is 3.12. The Labute approximate surface area is 162 Å². The Kier molecular flexibility index (Phi) is 4.65. The first-order valence-electron chi connectivity index (χ1n) is 9.08. The number of halogens is 1. The van der Waals surface area contributed by atoms with E-state index in [9.17, 15) is 9.18 Å². The fourth-order valence-electron chi connectivity index (χ4n) is 3.12. The number of aryl methyl sites for hydroxylation is 2. The van der Waals surface area contributed by atoms with Gasteiger partial charge in [0.25, 0.3) is 0 Å². The Morgan fingerprint density at radius 2 is 1.86 bits per heavy atom. The molecule has 0 fully saturated rings. The first-order chi connectivity index (χ1) is 13.5. The van der Waals surface area contributed by atoms with Gasteiger partial charge in [0, 0.05) is 23.6 Å². The summed E-state index contributed by atoms with van der Waals surface area (Å²) in [7, 11) is 0. The zero-order valence-electron chi connectivity index (χ0n) is 15.7. The van der Waals surface area contributed by atoms with Gasteiger partial charge in [-0.25, -0.2) is 9.37 Å². The minimum absolute atomic E-state index is 0.141. The van der Waals surface area contributed by atoms with Gasteiger partial charge < -0.3 is 9.72 Å². The number of benzene rings is 2. The van der Waals surface area contributed by atoms with Crippen molar-refractivity contribution in [3.05, 3.63) is 89.5 Å². The van der Waals surface area contributed by atoms with Crippen molar-refractivity contribution in [3.63, 3.8) is 0 Å². The van der Waals surface area contributed by atoms with Crippen LogP contribution < -0.4 is 5.32 Å². The lowest BCUT2D eigenvalue weighted by Crippen LogP contribution is -2.15. The molecule has 0 aliphatic heterocycles. The van der Waals surface area contributed by atoms with E-state index in [4.69, 9.17) is 0 Å². The molecule has 2 heterocycles. The fraction of sp³-hybridized carbons (Fsp3) is 0.130. The highest BCUT2D eigenvalue weighted by atomic mass is 19.1. The molecule has 2 aromatic heterocycles. The number of carbonyl (C=O) groups is 1. The predicted octanol–water partition coefficient (Wildman–Crippen LogP) is 4.94. The molecule has 0 aliphatic rings. The summed E-state index contributed by atoms with van der Waals surface area (Å²) < 4.78 is 15.0. The Morgan fingerprint density at radius 3 is 2.64 bits per heavy atom. The number of fused-ring (bicyclic) bond motifs is 1. The monoisotopic (exact) mass is 373 g/mol. The van der Waals surface area contributed by atoms with E-state index in [0.717, 1.165) is 39.3 Å². The molecule has 140 valence electrons. The molecule has 0 saturated carbocycles. The second kappa shape index (κ2) is 7.27. The molecule has 0 bridgehead atoms. The lowest BCUT2D eigenvalue weighted by atomic mass is 10.1. The highest BCUT2D eigenvalue weighted by Gasteiger charge is 2.10. The number of imidazole rings is 1. The van der Waals surface area contributed by atoms with Gasteiger partial charge in [0.05, 0.1) is 12.1 Å². The van der Waals surface area contributed by atoms with Gasteiger partial charge in [0.1, 0.15) is 11.5 Å². The molecule has 1 amide bonds. The van der Waals surface area contributed by atoms with Gasteiger partial charge in [0.15, 0.2) is 0 Å². The van der Waals surface area contributed by atoms with Gasteiger partial charge >= 0.3 is 0 Å². The molecule has 0 saturated heterocycles. The van der Waals surface area contributed by atoms with E-state index in [1.807, 2.05) is 61.0 Å². The quantitative estimate of drug-likeness (QED) is 0.551. The summed E-state index contributed by atoms with van der Waals surface area (Å²) in [6, 6.07) is 15.9. The number of anilines is 1. The number of nitrogens with one attached hydrogen (secondary N) is 1. The van der Waals surface area contributed by atoms with Gasteiger partial charge in [-0.2, -0.15) is 0 Å². The normalized spacial score (nSPS) is 11.0. The van der Waals surface area contributed by atoms with Crippen LogP contribution in [0.5, 0.6) is 0 Å². The predicted molar refractivity (Wildman–Crippen MR) is 109 cm³/mol. The molecule has 0 aliphatic carbocycles. The van der Waals surface area contributed by atoms with Crippen LogP contribution in [0.2, 0.25) is 0 Å². The molecule has 2 aromatic carbocycles. The topological polar surface area (TPSA) is 46.4 Å². The molecule has 4 nitrogen and oxygen atoms in total. The van der Waals surface area contributed by atoms with E-state index in [0.29, 0.717) is 0 Å². The molecule has 0 atom stereocenters. The van der Waals surface area contributed by atoms with Crippen LogP contribution in [0.25, 0.3) is 16.9 Å². The van der Waals surface area contributed by atoms with E-state index in [2.05, 4.69) is 10.3 Å². The van der Waals surface area contributed by atoms with Gasteiger partial charge in [-0.3, -0.25) is 4.79 Å². The van der Waals surface area contributed by atoms with Crippen LogP contribution in [0.4, 0.5) is 10.1 Å². The van der Waals surface area contributed by atoms with Crippen molar-refractivity contribution in [2.45, 2.75) is 20.3 Å². The lowest BCUT2D eigenvalue weighted by molar-refractivity contribution is -0.115. The largest absolute Gasteiger partial charge is 0.326 e. The van der Waals surface area contributed by atoms with Crippen LogP contribution in [0.3, 0.4) is 0 Å². The van der Waals surface area contributed by atoms with Crippen LogP contribution in [0.15, 0.2) is 67.0 Å². The zero-order chi connectivity index (χ0) is 19.7. The molecule has 1 N–H and O–H groups in total. The zero-order valence-corrected chi connectivity index (χ0v) is 15.7. The third-order valence-corrected chi connectivity index (χ3v) is 4.70. The minimum Gasteiger partial charge on any atom is -0.326 e. The Balaban J connectivity index is 1.57. The number of hydrogen-bond donors (Lipinski definition) is 1. The summed E-state index contributed by atoms with van der Waals surface area (Å²) in [6.07, 6.45) is 4.15. The SMILES string of the molecule is Cc1ccn2cc(-c3ccc(C)c(NC(=O)Cc4ccc(F)cc4)c3)nc2c1. The number of aromatic nitrogens is 2. The number of hydrogen-bond acceptors (Lipinski definition) is 2. The molecular weight excluding hydrogens is 353 g/mol. The van der Waals surface area contributed by atoms with Crippen LogP contribution in [-0.2, 0) is 11.2 Å². The first-order valence-corrected chi connectivity index (χ1v) is 9.08. The third-order valence-electron chi connectivity index (χ3n) is 4.70. The lowest BCUT2D eigenvalue weighted by Gasteiger charge is -2.10. The second-order valence-electron chi connectivity index (χ2n) is 6.98. The maximum Gasteiger partial charge on any atom is 0.228 e. The van der Waals surface area contributed by atoms with E-state index in [-0.39, 0.29) is 18.1 Å². The van der Waals surface area contributed by atoms with Gasteiger partial charge in [0.2, 0.25) is 5.91 Å². The molecule has 0 unspecified atom stereocenters. The molecule has 0 spiro atoms. The molecule has 4 rings (SSSR count). The summed E-state index contributed by atoms with van der Waals surface area (Å²) in [6.45, 7) is 3.99. The average Bonchev–Trinajstić information content (AvgIpc) is 3.08. The van der Waals surface area contributed by atoms with Crippen molar-refractivity contribution in [3.8, 4) is 11.3 Å². The molecule has 4 aromatic rings. The van der Waals surface area contributed by atoms with Gasteiger partial charge in [-0.15, -0.1) is 0 Å².